The van der Waals surface area contributed by atoms with Gasteiger partial charge in [0.1, 0.15) is 5.75 Å². The van der Waals surface area contributed by atoms with Gasteiger partial charge in [-0.1, -0.05) is 42.5 Å². The highest BCUT2D eigenvalue weighted by atomic mass is 16.7. The Kier molecular flexibility index (Phi) is 2.84. The number of para-hydroxylation sites is 1. The summed E-state index contributed by atoms with van der Waals surface area (Å²) in [4.78, 5) is 0. The summed E-state index contributed by atoms with van der Waals surface area (Å²) in [5.41, 5.74) is -0.285. The van der Waals surface area contributed by atoms with Crippen LogP contribution in [0, 0.1) is 0 Å². The van der Waals surface area contributed by atoms with E-state index in [1.54, 1.807) is 24.3 Å². The van der Waals surface area contributed by atoms with E-state index in [2.05, 4.69) is 0 Å². The van der Waals surface area contributed by atoms with E-state index < -0.39 is 17.4 Å². The monoisotopic (exact) mass is 290 g/mol. The van der Waals surface area contributed by atoms with Crippen molar-refractivity contribution in [3.05, 3.63) is 65.7 Å². The minimum Gasteiger partial charge on any atom is -0.452 e. The van der Waals surface area contributed by atoms with Gasteiger partial charge in [-0.25, -0.2) is 0 Å². The molecule has 0 bridgehead atoms. The molecule has 0 saturated heterocycles. The minimum absolute atomic E-state index is 0.0306. The van der Waals surface area contributed by atoms with Crippen molar-refractivity contribution in [2.75, 3.05) is 0 Å². The topological polar surface area (TPSA) is 110 Å². The van der Waals surface area contributed by atoms with Gasteiger partial charge in [-0.2, -0.15) is 0 Å². The van der Waals surface area contributed by atoms with Crippen molar-refractivity contribution in [1.82, 2.24) is 0 Å². The molecule has 1 unspecified atom stereocenters. The van der Waals surface area contributed by atoms with Crippen LogP contribution in [-0.4, -0.2) is 31.3 Å². The second kappa shape index (κ2) is 4.27. The molecule has 0 amide bonds. The number of benzene rings is 2. The molecule has 5 N–H and O–H groups in total. The van der Waals surface area contributed by atoms with Crippen LogP contribution < -0.4 is 4.74 Å². The van der Waals surface area contributed by atoms with Gasteiger partial charge in [0.2, 0.25) is 0 Å². The van der Waals surface area contributed by atoms with E-state index in [9.17, 15) is 25.5 Å². The number of fused-ring (bicyclic) bond motifs is 1. The smallest absolute Gasteiger partial charge is 0.296 e. The van der Waals surface area contributed by atoms with E-state index in [0.717, 1.165) is 0 Å². The molecule has 0 fully saturated rings. The Balaban J connectivity index is 2.26. The van der Waals surface area contributed by atoms with Crippen LogP contribution in [0.1, 0.15) is 11.1 Å². The lowest BCUT2D eigenvalue weighted by atomic mass is 9.83. The van der Waals surface area contributed by atoms with E-state index in [0.29, 0.717) is 0 Å². The first-order valence-corrected chi connectivity index (χ1v) is 6.26. The summed E-state index contributed by atoms with van der Waals surface area (Å²) in [5.74, 6) is -9.30. The lowest BCUT2D eigenvalue weighted by Crippen LogP contribution is -2.69. The largest absolute Gasteiger partial charge is 0.452 e. The summed E-state index contributed by atoms with van der Waals surface area (Å²) in [5, 5.41) is 51.3. The summed E-state index contributed by atoms with van der Waals surface area (Å²) in [6.07, 6.45) is 0. The fourth-order valence-corrected chi connectivity index (χ4v) is 2.42. The van der Waals surface area contributed by atoms with Crippen LogP contribution in [0.4, 0.5) is 0 Å². The second-order valence-electron chi connectivity index (χ2n) is 4.95. The third-order valence-electron chi connectivity index (χ3n) is 3.64. The maximum Gasteiger partial charge on any atom is 0.296 e. The number of hydrogen-bond donors (Lipinski definition) is 5. The number of aliphatic hydroxyl groups is 5. The molecule has 0 saturated carbocycles. The molecule has 2 aromatic carbocycles. The van der Waals surface area contributed by atoms with Gasteiger partial charge in [-0.15, -0.1) is 0 Å². The first kappa shape index (κ1) is 14.0. The molecule has 1 atom stereocenters. The molecular weight excluding hydrogens is 276 g/mol. The fourth-order valence-electron chi connectivity index (χ4n) is 2.42. The Morgan fingerprint density at radius 1 is 0.714 bits per heavy atom. The summed E-state index contributed by atoms with van der Waals surface area (Å²) >= 11 is 0. The third kappa shape index (κ3) is 1.71. The van der Waals surface area contributed by atoms with Crippen LogP contribution in [0.3, 0.4) is 0 Å². The molecule has 0 aromatic heterocycles. The SMILES string of the molecule is OC1(O)c2ccccc2OC(O)(c2ccccc2)C1(O)O. The van der Waals surface area contributed by atoms with Crippen LogP contribution in [-0.2, 0) is 11.6 Å². The molecule has 110 valence electrons. The lowest BCUT2D eigenvalue weighted by Gasteiger charge is -2.49. The maximum atomic E-state index is 10.6. The van der Waals surface area contributed by atoms with E-state index in [4.69, 9.17) is 4.74 Å². The molecule has 6 heteroatoms. The molecule has 6 nitrogen and oxygen atoms in total. The Morgan fingerprint density at radius 3 is 1.95 bits per heavy atom. The van der Waals surface area contributed by atoms with Gasteiger partial charge < -0.3 is 30.3 Å². The quantitative estimate of drug-likeness (QED) is 0.463. The average molecular weight is 290 g/mol. The zero-order valence-electron chi connectivity index (χ0n) is 10.8. The van der Waals surface area contributed by atoms with Crippen LogP contribution >= 0.6 is 0 Å². The lowest BCUT2D eigenvalue weighted by molar-refractivity contribution is -0.468. The molecule has 1 aliphatic rings. The van der Waals surface area contributed by atoms with Gasteiger partial charge >= 0.3 is 0 Å². The van der Waals surface area contributed by atoms with Crippen molar-refractivity contribution in [3.63, 3.8) is 0 Å². The summed E-state index contributed by atoms with van der Waals surface area (Å²) < 4.78 is 5.29. The van der Waals surface area contributed by atoms with E-state index in [-0.39, 0.29) is 16.9 Å². The molecule has 0 aliphatic carbocycles. The highest BCUT2D eigenvalue weighted by molar-refractivity contribution is 5.43. The first-order chi connectivity index (χ1) is 9.81. The van der Waals surface area contributed by atoms with Crippen molar-refractivity contribution in [3.8, 4) is 5.75 Å². The fraction of sp³-hybridized carbons (Fsp3) is 0.200. The first-order valence-electron chi connectivity index (χ1n) is 6.26. The highest BCUT2D eigenvalue weighted by Crippen LogP contribution is 2.50. The minimum atomic E-state index is -3.38. The summed E-state index contributed by atoms with van der Waals surface area (Å²) in [6.45, 7) is 0. The Labute approximate surface area is 120 Å². The molecule has 1 aliphatic heterocycles. The average Bonchev–Trinajstić information content (AvgIpc) is 2.47. The van der Waals surface area contributed by atoms with Crippen LogP contribution in [0.15, 0.2) is 54.6 Å². The summed E-state index contributed by atoms with van der Waals surface area (Å²) in [6, 6.07) is 13.2. The molecule has 0 radical (unpaired) electrons. The Bertz CT molecular complexity index is 667. The molecule has 3 rings (SSSR count). The Hall–Kier alpha value is -1.96. The van der Waals surface area contributed by atoms with Crippen LogP contribution in [0.5, 0.6) is 5.75 Å². The number of ether oxygens (including phenoxy) is 1. The van der Waals surface area contributed by atoms with E-state index in [1.807, 2.05) is 0 Å². The standard InChI is InChI=1S/C15H14O6/c16-13(17)11-8-4-5-9-12(11)21-14(18,15(13,19)20)10-6-2-1-3-7-10/h1-9,16-20H. The molecule has 0 spiro atoms. The number of rotatable bonds is 1. The molecule has 21 heavy (non-hydrogen) atoms. The van der Waals surface area contributed by atoms with E-state index in [1.165, 1.54) is 30.3 Å². The zero-order chi connectivity index (χ0) is 15.3. The van der Waals surface area contributed by atoms with Crippen molar-refractivity contribution in [2.45, 2.75) is 17.4 Å². The number of hydrogen-bond acceptors (Lipinski definition) is 6. The van der Waals surface area contributed by atoms with Gasteiger partial charge in [0.15, 0.2) is 0 Å². The molecular formula is C15H14O6. The van der Waals surface area contributed by atoms with Crippen molar-refractivity contribution >= 4 is 0 Å². The second-order valence-corrected chi connectivity index (χ2v) is 4.95. The van der Waals surface area contributed by atoms with Crippen molar-refractivity contribution in [2.24, 2.45) is 0 Å². The normalized spacial score (nSPS) is 25.8. The van der Waals surface area contributed by atoms with Gasteiger partial charge in [0.25, 0.3) is 17.4 Å². The van der Waals surface area contributed by atoms with Crippen LogP contribution in [0.2, 0.25) is 0 Å². The molecule has 1 heterocycles. The highest BCUT2D eigenvalue weighted by Gasteiger charge is 2.69. The van der Waals surface area contributed by atoms with Gasteiger partial charge in [0.05, 0.1) is 5.56 Å². The molecule has 2 aromatic rings. The van der Waals surface area contributed by atoms with Crippen molar-refractivity contribution in [1.29, 1.82) is 0 Å². The summed E-state index contributed by atoms with van der Waals surface area (Å²) in [7, 11) is 0. The van der Waals surface area contributed by atoms with Crippen molar-refractivity contribution < 1.29 is 30.3 Å². The van der Waals surface area contributed by atoms with Gasteiger partial charge in [0, 0.05) is 5.56 Å². The predicted molar refractivity (Wildman–Crippen MR) is 70.7 cm³/mol. The third-order valence-corrected chi connectivity index (χ3v) is 3.64. The maximum absolute atomic E-state index is 10.6. The Morgan fingerprint density at radius 2 is 1.29 bits per heavy atom. The van der Waals surface area contributed by atoms with E-state index >= 15 is 0 Å². The van der Waals surface area contributed by atoms with Gasteiger partial charge in [-0.05, 0) is 12.1 Å². The van der Waals surface area contributed by atoms with Gasteiger partial charge in [-0.3, -0.25) is 0 Å². The zero-order valence-corrected chi connectivity index (χ0v) is 10.8. The predicted octanol–water partition coefficient (Wildman–Crippen LogP) is -0.257. The van der Waals surface area contributed by atoms with Crippen LogP contribution in [0.25, 0.3) is 0 Å².